The van der Waals surface area contributed by atoms with Gasteiger partial charge in [-0.05, 0) is 210 Å². The number of anilines is 3. The Morgan fingerprint density at radius 2 is 0.788 bits per heavy atom. The smallest absolute Gasteiger partial charge is 0.293 e. The predicted molar refractivity (Wildman–Crippen MR) is 492 cm³/mol. The molecular formula is C86H101Br3F4IN11O10Si3. The first kappa shape index (κ1) is 99.3. The second kappa shape index (κ2) is 43.1. The molecule has 2 aliphatic rings. The first-order chi connectivity index (χ1) is 55.0. The Morgan fingerprint density at radius 3 is 1.17 bits per heavy atom. The molecule has 2 aromatic heterocycles. The molecule has 4 heterocycles. The fourth-order valence-electron chi connectivity index (χ4n) is 15.8. The highest BCUT2D eigenvalue weighted by Crippen LogP contribution is 2.45. The van der Waals surface area contributed by atoms with Crippen LogP contribution in [0.5, 0.6) is 0 Å². The molecule has 2 aliphatic heterocycles. The molecule has 0 aliphatic carbocycles. The van der Waals surface area contributed by atoms with Gasteiger partial charge in [0.25, 0.3) is 34.6 Å². The van der Waals surface area contributed by atoms with Crippen molar-refractivity contribution in [1.82, 2.24) is 20.6 Å². The highest BCUT2D eigenvalue weighted by molar-refractivity contribution is 14.1. The minimum atomic E-state index is -2.18. The van der Waals surface area contributed by atoms with E-state index < -0.39 is 67.2 Å². The molecule has 32 heteroatoms. The Hall–Kier alpha value is -9.22. The molecule has 21 nitrogen and oxygen atoms in total. The largest absolute Gasteiger partial charge is 0.393 e. The average molecular weight is 1980 g/mol. The molecule has 628 valence electrons. The highest BCUT2D eigenvalue weighted by Gasteiger charge is 2.44. The van der Waals surface area contributed by atoms with Crippen LogP contribution in [0.3, 0.4) is 0 Å². The van der Waals surface area contributed by atoms with E-state index in [2.05, 4.69) is 221 Å². The van der Waals surface area contributed by atoms with Gasteiger partial charge in [0.15, 0.2) is 0 Å². The minimum Gasteiger partial charge on any atom is -0.393 e. The van der Waals surface area contributed by atoms with Crippen molar-refractivity contribution in [3.05, 3.63) is 229 Å². The van der Waals surface area contributed by atoms with Gasteiger partial charge in [-0.25, -0.2) is 27.5 Å². The molecule has 0 atom stereocenters. The molecule has 0 spiro atoms. The number of nitrogen functional groups attached to an aromatic ring is 3. The number of hydrogen-bond donors (Lipinski definition) is 5. The number of carbonyl (C=O) groups excluding carboxylic acids is 2. The molecule has 6 aromatic carbocycles. The zero-order valence-electron chi connectivity index (χ0n) is 69.5. The van der Waals surface area contributed by atoms with Crippen molar-refractivity contribution in [3.8, 4) is 68.3 Å². The zero-order valence-corrected chi connectivity index (χ0v) is 79.4. The maximum atomic E-state index is 15.6. The molecule has 8 N–H and O–H groups in total. The number of terminal acetylenes is 1. The number of aromatic nitrogens is 2. The van der Waals surface area contributed by atoms with Crippen molar-refractivity contribution >= 4 is 146 Å². The van der Waals surface area contributed by atoms with Crippen molar-refractivity contribution in [2.45, 2.75) is 194 Å². The molecular weight excluding hydrogens is 1870 g/mol. The van der Waals surface area contributed by atoms with Crippen LogP contribution >= 0.6 is 70.4 Å². The number of amides is 2. The molecule has 0 radical (unpaired) electrons. The van der Waals surface area contributed by atoms with Crippen LogP contribution in [0, 0.1) is 109 Å². The lowest BCUT2D eigenvalue weighted by molar-refractivity contribution is -0.386. The maximum absolute atomic E-state index is 15.6. The molecule has 2 amide bonds. The van der Waals surface area contributed by atoms with Gasteiger partial charge in [-0.3, -0.25) is 50.0 Å². The topological polar surface area (TPSA) is 335 Å². The van der Waals surface area contributed by atoms with Crippen LogP contribution in [0.1, 0.15) is 173 Å². The number of nitro groups is 4. The molecule has 10 rings (SSSR count). The van der Waals surface area contributed by atoms with Gasteiger partial charge in [0.05, 0.1) is 36.7 Å². The van der Waals surface area contributed by atoms with Crippen LogP contribution in [0.2, 0.25) is 49.9 Å². The maximum Gasteiger partial charge on any atom is 0.293 e. The Kier molecular flexibility index (Phi) is 36.3. The fraction of sp³-hybridized carbons (Fsp3) is 0.372. The van der Waals surface area contributed by atoms with Crippen LogP contribution in [-0.2, 0) is 12.8 Å². The lowest BCUT2D eigenvalue weighted by atomic mass is 9.94. The number of rotatable bonds is 16. The van der Waals surface area contributed by atoms with E-state index in [1.165, 1.54) is 18.3 Å². The van der Waals surface area contributed by atoms with Gasteiger partial charge in [0, 0.05) is 89.2 Å². The third kappa shape index (κ3) is 23.9. The number of halogens is 8. The fourth-order valence-corrected chi connectivity index (χ4v) is 32.8. The predicted octanol–water partition coefficient (Wildman–Crippen LogP) is 23.9. The summed E-state index contributed by atoms with van der Waals surface area (Å²) < 4.78 is 55.3. The SMILES string of the molecule is C#C[Si](C(C)C)(C(C)C)C(C)C.CC(C)[Si](C#Cc1cc(F)c(-c2cnc(N)c(-c3ccc4c(c3)CCNC4=O)c2)cc1[N+](=O)[O-])(C(C)C)C(C)C.CC(C)[Si](C#Cc1cc(F)c(Br)cc1[N+](=O)[O-])(C(C)C)C(C)C.Cc1cnc(N)c(-c2ccc3c(c2)CCNC3=O)c1.Nc1cc(F)c(Br)cc1[N+](=O)[O-].O=[N+]([O-])c1cc(Br)c(F)cc1I. The van der Waals surface area contributed by atoms with Crippen molar-refractivity contribution in [2.75, 3.05) is 30.3 Å². The minimum absolute atomic E-state index is 0.00291. The Bertz CT molecular complexity index is 5150. The van der Waals surface area contributed by atoms with E-state index in [0.29, 0.717) is 95.5 Å². The first-order valence-corrected chi connectivity index (χ1v) is 48.3. The van der Waals surface area contributed by atoms with Gasteiger partial charge in [-0.1, -0.05) is 161 Å². The molecule has 0 saturated heterocycles. The number of hydrogen-bond acceptors (Lipinski definition) is 15. The van der Waals surface area contributed by atoms with Gasteiger partial charge < -0.3 is 27.8 Å². The summed E-state index contributed by atoms with van der Waals surface area (Å²) in [6.07, 6.45) is 10.4. The Labute approximate surface area is 730 Å². The van der Waals surface area contributed by atoms with Crippen LogP contribution in [-0.4, -0.2) is 78.8 Å². The molecule has 0 fully saturated rings. The van der Waals surface area contributed by atoms with Crippen LogP contribution in [0.15, 0.2) is 123 Å². The molecule has 0 bridgehead atoms. The number of carbonyl (C=O) groups is 2. The van der Waals surface area contributed by atoms with Crippen molar-refractivity contribution in [1.29, 1.82) is 0 Å². The van der Waals surface area contributed by atoms with Gasteiger partial charge in [0.1, 0.15) is 75.9 Å². The molecule has 118 heavy (non-hydrogen) atoms. The van der Waals surface area contributed by atoms with E-state index in [4.69, 9.17) is 23.6 Å². The number of nitrogens with zero attached hydrogens (tertiary/aromatic N) is 6. The van der Waals surface area contributed by atoms with E-state index >= 15 is 4.39 Å². The summed E-state index contributed by atoms with van der Waals surface area (Å²) in [6.45, 7) is 42.8. The lowest BCUT2D eigenvalue weighted by Crippen LogP contribution is -2.43. The second-order valence-corrected chi connectivity index (χ2v) is 51.9. The normalized spacial score (nSPS) is 12.3. The van der Waals surface area contributed by atoms with Crippen LogP contribution in [0.4, 0.5) is 57.6 Å². The molecule has 0 unspecified atom stereocenters. The van der Waals surface area contributed by atoms with Crippen molar-refractivity contribution < 1.29 is 46.8 Å². The Balaban J connectivity index is 0.000000272. The summed E-state index contributed by atoms with van der Waals surface area (Å²) in [5.41, 5.74) is 38.9. The van der Waals surface area contributed by atoms with Crippen LogP contribution in [0.25, 0.3) is 33.4 Å². The number of nitrogens with one attached hydrogen (secondary N) is 2. The second-order valence-electron chi connectivity index (χ2n) is 31.4. The van der Waals surface area contributed by atoms with Gasteiger partial charge >= 0.3 is 0 Å². The molecule has 8 aromatic rings. The summed E-state index contributed by atoms with van der Waals surface area (Å²) in [7, 11) is -5.68. The van der Waals surface area contributed by atoms with Crippen molar-refractivity contribution in [2.24, 2.45) is 0 Å². The summed E-state index contributed by atoms with van der Waals surface area (Å²) >= 11 is 10.4. The van der Waals surface area contributed by atoms with E-state index in [9.17, 15) is 63.2 Å². The standard InChI is InChI=1S/C31H35FN4O3Si.C17H23BrFNO2Si.C15H15N3O.C11H22Si.C6H2BrFINO2.C6H4BrFN2O2/c1-18(2)40(19(3)4,20(5)6)12-10-23-15-28(32)26(16-29(23)36(38)39)24-14-27(30(33)35-17-24)21-7-8-25-22(13-21)9-11-34-31(25)37;1-11(2)23(12(3)4,13(5)6)8-7-14-9-16(19)15(18)10-17(14)20(21)22;1-9-6-13(14(16)18-8-9)10-2-3-12-11(7-10)4-5-17-15(12)19;1-8-12(9(2)3,10(4)5)11(6)7;2*7-3-1-6(10(11)12)5(9)2-4(3)8/h7-8,13-20H,9,11H2,1-6H3,(H2,33,35)(H,34,37);9-13H,1-6H3;2-3,6-8H,4-5H2,1H3,(H2,16,18)(H,17,19);1,9-11H,2-7H3;1-2H;1-2H,9H2. The Morgan fingerprint density at radius 1 is 0.441 bits per heavy atom. The summed E-state index contributed by atoms with van der Waals surface area (Å²) in [5, 5.41) is 49.6. The number of fused-ring (bicyclic) bond motifs is 2. The number of nitro benzene ring substituents is 4. The number of nitrogens with two attached hydrogens (primary N) is 3. The van der Waals surface area contributed by atoms with Gasteiger partial charge in [0.2, 0.25) is 0 Å². The number of benzene rings is 6. The van der Waals surface area contributed by atoms with E-state index in [1.54, 1.807) is 47.0 Å². The van der Waals surface area contributed by atoms with Crippen LogP contribution < -0.4 is 27.8 Å². The summed E-state index contributed by atoms with van der Waals surface area (Å²) in [5.74, 6) is 4.36. The highest BCUT2D eigenvalue weighted by atomic mass is 127. The average Bonchev–Trinajstić information content (AvgIpc) is 0.777. The quantitative estimate of drug-likeness (QED) is 0.00877. The third-order valence-electron chi connectivity index (χ3n) is 21.6. The zero-order chi connectivity index (χ0) is 89.2. The van der Waals surface area contributed by atoms with Crippen molar-refractivity contribution in [3.63, 3.8) is 0 Å². The third-order valence-corrected chi connectivity index (χ3v) is 43.1. The lowest BCUT2D eigenvalue weighted by Gasteiger charge is -2.38. The van der Waals surface area contributed by atoms with Gasteiger partial charge in [-0.2, -0.15) is 0 Å². The van der Waals surface area contributed by atoms with E-state index in [1.807, 2.05) is 37.3 Å². The van der Waals surface area contributed by atoms with E-state index in [-0.39, 0.29) is 76.2 Å². The monoisotopic (exact) mass is 1970 g/mol. The summed E-state index contributed by atoms with van der Waals surface area (Å²) in [4.78, 5) is 74.0. The first-order valence-electron chi connectivity index (χ1n) is 38.1. The van der Waals surface area contributed by atoms with Gasteiger partial charge in [-0.15, -0.1) is 23.1 Å². The number of aryl methyl sites for hydroxylation is 1. The van der Waals surface area contributed by atoms with E-state index in [0.717, 1.165) is 81.8 Å². The number of pyridine rings is 2. The molecule has 0 saturated carbocycles. The summed E-state index contributed by atoms with van der Waals surface area (Å²) in [6, 6.07) is 23.8.